The standard InChI is InChI=1S/C22H26ClN3O/c1-16(20-13-19(23)12-17-14-25-26(2)21(17)20)27-15-22(8-10-24-11-9-22)18-6-4-3-5-7-18/h3-7,12-14,16,24H,8-11,15H2,1-2H3. The van der Waals surface area contributed by atoms with Crippen molar-refractivity contribution in [3.63, 3.8) is 0 Å². The second-order valence-electron chi connectivity index (χ2n) is 7.55. The molecular weight excluding hydrogens is 358 g/mol. The second kappa shape index (κ2) is 7.63. The molecule has 0 amide bonds. The van der Waals surface area contributed by atoms with Gasteiger partial charge in [-0.25, -0.2) is 0 Å². The number of fused-ring (bicyclic) bond motifs is 1. The van der Waals surface area contributed by atoms with Gasteiger partial charge in [-0.2, -0.15) is 5.10 Å². The van der Waals surface area contributed by atoms with Gasteiger partial charge < -0.3 is 10.1 Å². The zero-order chi connectivity index (χ0) is 18.9. The maximum atomic E-state index is 6.49. The average Bonchev–Trinajstić information content (AvgIpc) is 3.07. The zero-order valence-electron chi connectivity index (χ0n) is 15.9. The number of aryl methyl sites for hydroxylation is 1. The molecule has 1 saturated heterocycles. The molecule has 1 fully saturated rings. The fraction of sp³-hybridized carbons (Fsp3) is 0.409. The lowest BCUT2D eigenvalue weighted by Gasteiger charge is -2.38. The van der Waals surface area contributed by atoms with Crippen molar-refractivity contribution in [2.24, 2.45) is 7.05 Å². The van der Waals surface area contributed by atoms with Gasteiger partial charge in [0.15, 0.2) is 0 Å². The van der Waals surface area contributed by atoms with Crippen LogP contribution in [0.4, 0.5) is 0 Å². The van der Waals surface area contributed by atoms with Crippen LogP contribution in [0.2, 0.25) is 5.02 Å². The zero-order valence-corrected chi connectivity index (χ0v) is 16.7. The molecule has 1 N–H and O–H groups in total. The molecule has 3 aromatic rings. The van der Waals surface area contributed by atoms with E-state index in [1.165, 1.54) is 5.56 Å². The summed E-state index contributed by atoms with van der Waals surface area (Å²) in [6.45, 7) is 4.86. The van der Waals surface area contributed by atoms with Gasteiger partial charge in [0, 0.05) is 28.4 Å². The fourth-order valence-electron chi connectivity index (χ4n) is 4.22. The van der Waals surface area contributed by atoms with Crippen LogP contribution in [0.5, 0.6) is 0 Å². The number of ether oxygens (including phenoxy) is 1. The normalized spacial score (nSPS) is 17.9. The minimum Gasteiger partial charge on any atom is -0.373 e. The van der Waals surface area contributed by atoms with Crippen molar-refractivity contribution in [2.75, 3.05) is 19.7 Å². The number of aromatic nitrogens is 2. The lowest BCUT2D eigenvalue weighted by Crippen LogP contribution is -2.43. The number of rotatable bonds is 5. The molecular formula is C22H26ClN3O. The van der Waals surface area contributed by atoms with E-state index >= 15 is 0 Å². The molecule has 4 nitrogen and oxygen atoms in total. The number of hydrogen-bond acceptors (Lipinski definition) is 3. The Bertz CT molecular complexity index is 916. The van der Waals surface area contributed by atoms with Gasteiger partial charge in [0.05, 0.1) is 24.4 Å². The maximum absolute atomic E-state index is 6.49. The molecule has 142 valence electrons. The second-order valence-corrected chi connectivity index (χ2v) is 7.99. The highest BCUT2D eigenvalue weighted by molar-refractivity contribution is 6.31. The third kappa shape index (κ3) is 3.62. The summed E-state index contributed by atoms with van der Waals surface area (Å²) in [6, 6.07) is 14.8. The van der Waals surface area contributed by atoms with Crippen molar-refractivity contribution in [3.8, 4) is 0 Å². The number of benzene rings is 2. The lowest BCUT2D eigenvalue weighted by molar-refractivity contribution is 0.0172. The van der Waals surface area contributed by atoms with Crippen molar-refractivity contribution in [1.29, 1.82) is 0 Å². The number of nitrogens with one attached hydrogen (secondary N) is 1. The van der Waals surface area contributed by atoms with Crippen LogP contribution in [0.25, 0.3) is 10.9 Å². The van der Waals surface area contributed by atoms with Crippen LogP contribution in [0.3, 0.4) is 0 Å². The van der Waals surface area contributed by atoms with Crippen molar-refractivity contribution in [1.82, 2.24) is 15.1 Å². The van der Waals surface area contributed by atoms with Gasteiger partial charge >= 0.3 is 0 Å². The van der Waals surface area contributed by atoms with Crippen LogP contribution in [0.1, 0.15) is 37.0 Å². The summed E-state index contributed by atoms with van der Waals surface area (Å²) in [4.78, 5) is 0. The highest BCUT2D eigenvalue weighted by Crippen LogP contribution is 2.36. The predicted octanol–water partition coefficient (Wildman–Crippen LogP) is 4.63. The van der Waals surface area contributed by atoms with Crippen molar-refractivity contribution in [2.45, 2.75) is 31.3 Å². The summed E-state index contributed by atoms with van der Waals surface area (Å²) in [5.74, 6) is 0. The third-order valence-electron chi connectivity index (χ3n) is 5.82. The quantitative estimate of drug-likeness (QED) is 0.698. The van der Waals surface area contributed by atoms with Gasteiger partial charge in [-0.1, -0.05) is 41.9 Å². The molecule has 1 aliphatic heterocycles. The van der Waals surface area contributed by atoms with Gasteiger partial charge in [0.25, 0.3) is 0 Å². The van der Waals surface area contributed by atoms with Crippen LogP contribution >= 0.6 is 11.6 Å². The number of piperidine rings is 1. The SMILES string of the molecule is CC(OCC1(c2ccccc2)CCNCC1)c1cc(Cl)cc2cnn(C)c12. The first-order valence-electron chi connectivity index (χ1n) is 9.58. The summed E-state index contributed by atoms with van der Waals surface area (Å²) in [5.41, 5.74) is 3.61. The Hall–Kier alpha value is -1.88. The molecule has 1 aromatic heterocycles. The first-order chi connectivity index (χ1) is 13.1. The fourth-order valence-corrected chi connectivity index (χ4v) is 4.45. The highest BCUT2D eigenvalue weighted by atomic mass is 35.5. The van der Waals surface area contributed by atoms with E-state index in [4.69, 9.17) is 16.3 Å². The van der Waals surface area contributed by atoms with Gasteiger partial charge in [-0.15, -0.1) is 0 Å². The molecule has 1 unspecified atom stereocenters. The van der Waals surface area contributed by atoms with E-state index in [0.29, 0.717) is 6.61 Å². The molecule has 2 aromatic carbocycles. The van der Waals surface area contributed by atoms with E-state index in [9.17, 15) is 0 Å². The predicted molar refractivity (Wildman–Crippen MR) is 110 cm³/mol. The minimum atomic E-state index is -0.0583. The Kier molecular flexibility index (Phi) is 5.22. The van der Waals surface area contributed by atoms with Gasteiger partial charge in [0.2, 0.25) is 0 Å². The molecule has 0 bridgehead atoms. The smallest absolute Gasteiger partial charge is 0.0818 e. The van der Waals surface area contributed by atoms with E-state index < -0.39 is 0 Å². The molecule has 27 heavy (non-hydrogen) atoms. The maximum Gasteiger partial charge on any atom is 0.0818 e. The molecule has 0 spiro atoms. The van der Waals surface area contributed by atoms with E-state index in [1.54, 1.807) is 0 Å². The van der Waals surface area contributed by atoms with Crippen LogP contribution in [-0.2, 0) is 17.2 Å². The summed E-state index contributed by atoms with van der Waals surface area (Å²) >= 11 is 6.35. The first-order valence-corrected chi connectivity index (χ1v) is 9.96. The Morgan fingerprint density at radius 2 is 1.96 bits per heavy atom. The van der Waals surface area contributed by atoms with Crippen LogP contribution < -0.4 is 5.32 Å². The van der Waals surface area contributed by atoms with E-state index in [-0.39, 0.29) is 11.5 Å². The minimum absolute atomic E-state index is 0.0583. The van der Waals surface area contributed by atoms with E-state index in [2.05, 4.69) is 47.7 Å². The molecule has 4 rings (SSSR count). The van der Waals surface area contributed by atoms with E-state index in [0.717, 1.165) is 47.4 Å². The largest absolute Gasteiger partial charge is 0.373 e. The summed E-state index contributed by atoms with van der Waals surface area (Å²) < 4.78 is 8.39. The average molecular weight is 384 g/mol. The van der Waals surface area contributed by atoms with Crippen LogP contribution in [0, 0.1) is 0 Å². The molecule has 1 aliphatic rings. The Morgan fingerprint density at radius 3 is 2.70 bits per heavy atom. The van der Waals surface area contributed by atoms with Crippen molar-refractivity contribution >= 4 is 22.5 Å². The Labute approximate surface area is 165 Å². The van der Waals surface area contributed by atoms with Crippen molar-refractivity contribution in [3.05, 3.63) is 64.8 Å². The van der Waals surface area contributed by atoms with E-state index in [1.807, 2.05) is 30.1 Å². The van der Waals surface area contributed by atoms with Gasteiger partial charge in [-0.3, -0.25) is 4.68 Å². The Balaban J connectivity index is 1.61. The number of nitrogens with zero attached hydrogens (tertiary/aromatic N) is 2. The van der Waals surface area contributed by atoms with Crippen molar-refractivity contribution < 1.29 is 4.74 Å². The molecule has 0 saturated carbocycles. The monoisotopic (exact) mass is 383 g/mol. The summed E-state index contributed by atoms with van der Waals surface area (Å²) in [7, 11) is 1.96. The lowest BCUT2D eigenvalue weighted by atomic mass is 9.74. The van der Waals surface area contributed by atoms with Gasteiger partial charge in [-0.05, 0) is 50.6 Å². The molecule has 1 atom stereocenters. The topological polar surface area (TPSA) is 39.1 Å². The molecule has 5 heteroatoms. The summed E-state index contributed by atoms with van der Waals surface area (Å²) in [6.07, 6.45) is 3.97. The molecule has 0 aliphatic carbocycles. The molecule has 2 heterocycles. The molecule has 0 radical (unpaired) electrons. The summed E-state index contributed by atoms with van der Waals surface area (Å²) in [5, 5.41) is 9.64. The number of hydrogen-bond donors (Lipinski definition) is 1. The highest BCUT2D eigenvalue weighted by Gasteiger charge is 2.35. The Morgan fingerprint density at radius 1 is 1.22 bits per heavy atom. The third-order valence-corrected chi connectivity index (χ3v) is 6.04. The number of halogens is 1. The first kappa shape index (κ1) is 18.5. The van der Waals surface area contributed by atoms with Gasteiger partial charge in [0.1, 0.15) is 0 Å². The van der Waals surface area contributed by atoms with Crippen LogP contribution in [0.15, 0.2) is 48.7 Å². The van der Waals surface area contributed by atoms with Crippen LogP contribution in [-0.4, -0.2) is 29.5 Å².